The molecule has 1 saturated heterocycles. The zero-order valence-electron chi connectivity index (χ0n) is 11.4. The average molecular weight is 258 g/mol. The molecule has 0 atom stereocenters. The lowest BCUT2D eigenvalue weighted by Gasteiger charge is -2.17. The van der Waals surface area contributed by atoms with Crippen LogP contribution < -0.4 is 5.32 Å². The van der Waals surface area contributed by atoms with Crippen LogP contribution in [0.15, 0.2) is 6.07 Å². The molecule has 0 bridgehead atoms. The van der Waals surface area contributed by atoms with E-state index in [1.54, 1.807) is 6.92 Å². The summed E-state index contributed by atoms with van der Waals surface area (Å²) in [6, 6.07) is 3.94. The third kappa shape index (κ3) is 3.02. The number of pyridine rings is 1. The summed E-state index contributed by atoms with van der Waals surface area (Å²) >= 11 is 0. The SMILES string of the molecule is Cc1cc(NCC(=O)N2CCCC2)c(C#N)c(C)n1. The topological polar surface area (TPSA) is 69.0 Å². The first-order valence-corrected chi connectivity index (χ1v) is 6.52. The summed E-state index contributed by atoms with van der Waals surface area (Å²) in [6.45, 7) is 5.61. The van der Waals surface area contributed by atoms with Gasteiger partial charge in [0.05, 0.1) is 23.5 Å². The molecular weight excluding hydrogens is 240 g/mol. The Morgan fingerprint density at radius 2 is 2.16 bits per heavy atom. The van der Waals surface area contributed by atoms with Crippen molar-refractivity contribution in [2.45, 2.75) is 26.7 Å². The van der Waals surface area contributed by atoms with Crippen LogP contribution in [0, 0.1) is 25.2 Å². The maximum Gasteiger partial charge on any atom is 0.241 e. The third-order valence-corrected chi connectivity index (χ3v) is 3.33. The smallest absolute Gasteiger partial charge is 0.241 e. The van der Waals surface area contributed by atoms with E-state index in [1.165, 1.54) is 0 Å². The van der Waals surface area contributed by atoms with Gasteiger partial charge in [-0.1, -0.05) is 0 Å². The number of carbonyl (C=O) groups is 1. The molecule has 1 fully saturated rings. The average Bonchev–Trinajstić information content (AvgIpc) is 2.89. The van der Waals surface area contributed by atoms with E-state index in [2.05, 4.69) is 16.4 Å². The Morgan fingerprint density at radius 3 is 2.79 bits per heavy atom. The number of rotatable bonds is 3. The Kier molecular flexibility index (Phi) is 4.00. The predicted molar refractivity (Wildman–Crippen MR) is 72.7 cm³/mol. The largest absolute Gasteiger partial charge is 0.375 e. The number of nitrogens with zero attached hydrogens (tertiary/aromatic N) is 3. The molecule has 1 aliphatic rings. The van der Waals surface area contributed by atoms with Crippen molar-refractivity contribution in [1.82, 2.24) is 9.88 Å². The molecule has 1 aromatic rings. The van der Waals surface area contributed by atoms with Crippen molar-refractivity contribution in [3.8, 4) is 6.07 Å². The van der Waals surface area contributed by atoms with Gasteiger partial charge in [-0.3, -0.25) is 9.78 Å². The molecule has 2 rings (SSSR count). The Bertz CT molecular complexity index is 527. The second-order valence-corrected chi connectivity index (χ2v) is 4.82. The van der Waals surface area contributed by atoms with Gasteiger partial charge in [0.25, 0.3) is 0 Å². The van der Waals surface area contributed by atoms with Gasteiger partial charge in [-0.2, -0.15) is 5.26 Å². The summed E-state index contributed by atoms with van der Waals surface area (Å²) in [5.74, 6) is 0.0912. The number of amides is 1. The van der Waals surface area contributed by atoms with Crippen LogP contribution in [-0.2, 0) is 4.79 Å². The summed E-state index contributed by atoms with van der Waals surface area (Å²) in [6.07, 6.45) is 2.17. The maximum absolute atomic E-state index is 12.0. The molecule has 1 amide bonds. The normalized spacial score (nSPS) is 14.3. The minimum atomic E-state index is 0.0912. The van der Waals surface area contributed by atoms with Crippen molar-refractivity contribution < 1.29 is 4.79 Å². The standard InChI is InChI=1S/C14H18N4O/c1-10-7-13(12(8-15)11(2)17-10)16-9-14(19)18-5-3-4-6-18/h7H,3-6,9H2,1-2H3,(H,16,17). The van der Waals surface area contributed by atoms with Crippen LogP contribution in [0.3, 0.4) is 0 Å². The van der Waals surface area contributed by atoms with Gasteiger partial charge in [0.15, 0.2) is 0 Å². The second kappa shape index (κ2) is 5.70. The van der Waals surface area contributed by atoms with E-state index in [4.69, 9.17) is 5.26 Å². The fraction of sp³-hybridized carbons (Fsp3) is 0.500. The highest BCUT2D eigenvalue weighted by molar-refractivity contribution is 5.81. The number of nitrogens with one attached hydrogen (secondary N) is 1. The maximum atomic E-state index is 12.0. The monoisotopic (exact) mass is 258 g/mol. The molecule has 5 nitrogen and oxygen atoms in total. The lowest BCUT2D eigenvalue weighted by atomic mass is 10.1. The van der Waals surface area contributed by atoms with Gasteiger partial charge in [-0.15, -0.1) is 0 Å². The Balaban J connectivity index is 2.07. The molecule has 1 aromatic heterocycles. The highest BCUT2D eigenvalue weighted by atomic mass is 16.2. The molecule has 1 N–H and O–H groups in total. The minimum absolute atomic E-state index is 0.0912. The molecule has 0 radical (unpaired) electrons. The molecule has 0 aliphatic carbocycles. The van der Waals surface area contributed by atoms with E-state index in [0.717, 1.165) is 31.6 Å². The number of carbonyl (C=O) groups excluding carboxylic acids is 1. The van der Waals surface area contributed by atoms with E-state index < -0.39 is 0 Å². The van der Waals surface area contributed by atoms with Crippen molar-refractivity contribution >= 4 is 11.6 Å². The molecule has 100 valence electrons. The van der Waals surface area contributed by atoms with Gasteiger partial charge < -0.3 is 10.2 Å². The second-order valence-electron chi connectivity index (χ2n) is 4.82. The molecule has 1 aliphatic heterocycles. The van der Waals surface area contributed by atoms with E-state index in [1.807, 2.05) is 17.9 Å². The van der Waals surface area contributed by atoms with Gasteiger partial charge in [-0.25, -0.2) is 0 Å². The molecule has 2 heterocycles. The van der Waals surface area contributed by atoms with Crippen molar-refractivity contribution in [2.24, 2.45) is 0 Å². The Labute approximate surface area is 113 Å². The lowest BCUT2D eigenvalue weighted by molar-refractivity contribution is -0.128. The van der Waals surface area contributed by atoms with Gasteiger partial charge in [-0.05, 0) is 32.8 Å². The molecule has 0 unspecified atom stereocenters. The number of hydrogen-bond donors (Lipinski definition) is 1. The summed E-state index contributed by atoms with van der Waals surface area (Å²) < 4.78 is 0. The molecule has 19 heavy (non-hydrogen) atoms. The first kappa shape index (κ1) is 13.3. The summed E-state index contributed by atoms with van der Waals surface area (Å²) in [5, 5.41) is 12.2. The van der Waals surface area contributed by atoms with E-state index >= 15 is 0 Å². The van der Waals surface area contributed by atoms with Crippen LogP contribution in [0.4, 0.5) is 5.69 Å². The number of aryl methyl sites for hydroxylation is 2. The quantitative estimate of drug-likeness (QED) is 0.894. The summed E-state index contributed by atoms with van der Waals surface area (Å²) in [7, 11) is 0. The van der Waals surface area contributed by atoms with Crippen LogP contribution in [0.5, 0.6) is 0 Å². The zero-order chi connectivity index (χ0) is 13.8. The minimum Gasteiger partial charge on any atom is -0.375 e. The van der Waals surface area contributed by atoms with Gasteiger partial charge in [0.2, 0.25) is 5.91 Å². The molecule has 5 heteroatoms. The zero-order valence-corrected chi connectivity index (χ0v) is 11.4. The third-order valence-electron chi connectivity index (χ3n) is 3.33. The summed E-state index contributed by atoms with van der Waals surface area (Å²) in [5.41, 5.74) is 2.74. The first-order chi connectivity index (χ1) is 9.11. The van der Waals surface area contributed by atoms with Crippen LogP contribution in [0.2, 0.25) is 0 Å². The lowest BCUT2D eigenvalue weighted by Crippen LogP contribution is -2.33. The fourth-order valence-corrected chi connectivity index (χ4v) is 2.36. The fourth-order valence-electron chi connectivity index (χ4n) is 2.36. The summed E-state index contributed by atoms with van der Waals surface area (Å²) in [4.78, 5) is 18.1. The van der Waals surface area contributed by atoms with Crippen LogP contribution in [0.25, 0.3) is 0 Å². The van der Waals surface area contributed by atoms with Crippen LogP contribution in [0.1, 0.15) is 29.8 Å². The van der Waals surface area contributed by atoms with E-state index in [-0.39, 0.29) is 12.5 Å². The molecule has 0 spiro atoms. The van der Waals surface area contributed by atoms with Crippen molar-refractivity contribution in [2.75, 3.05) is 25.0 Å². The van der Waals surface area contributed by atoms with Crippen LogP contribution >= 0.6 is 0 Å². The van der Waals surface area contributed by atoms with Crippen molar-refractivity contribution in [3.63, 3.8) is 0 Å². The van der Waals surface area contributed by atoms with Crippen molar-refractivity contribution in [3.05, 3.63) is 23.0 Å². The van der Waals surface area contributed by atoms with E-state index in [9.17, 15) is 4.79 Å². The number of hydrogen-bond acceptors (Lipinski definition) is 4. The number of likely N-dealkylation sites (tertiary alicyclic amines) is 1. The first-order valence-electron chi connectivity index (χ1n) is 6.52. The molecule has 0 saturated carbocycles. The molecular formula is C14H18N4O. The van der Waals surface area contributed by atoms with Gasteiger partial charge in [0.1, 0.15) is 6.07 Å². The highest BCUT2D eigenvalue weighted by Gasteiger charge is 2.18. The van der Waals surface area contributed by atoms with Gasteiger partial charge >= 0.3 is 0 Å². The van der Waals surface area contributed by atoms with E-state index in [0.29, 0.717) is 16.9 Å². The number of anilines is 1. The number of aromatic nitrogens is 1. The van der Waals surface area contributed by atoms with Gasteiger partial charge in [0, 0.05) is 18.8 Å². The Hall–Kier alpha value is -2.09. The van der Waals surface area contributed by atoms with Crippen LogP contribution in [-0.4, -0.2) is 35.4 Å². The molecule has 0 aromatic carbocycles. The Morgan fingerprint density at radius 1 is 1.47 bits per heavy atom. The highest BCUT2D eigenvalue weighted by Crippen LogP contribution is 2.18. The number of nitriles is 1. The predicted octanol–water partition coefficient (Wildman–Crippen LogP) is 1.60. The van der Waals surface area contributed by atoms with Crippen molar-refractivity contribution in [1.29, 1.82) is 5.26 Å².